The lowest BCUT2D eigenvalue weighted by molar-refractivity contribution is 0.0948. The summed E-state index contributed by atoms with van der Waals surface area (Å²) in [6.07, 6.45) is 2.43. The molecule has 0 saturated carbocycles. The third-order valence-electron chi connectivity index (χ3n) is 4.35. The number of carbonyl (C=O) groups is 1. The summed E-state index contributed by atoms with van der Waals surface area (Å²) in [4.78, 5) is 18.9. The van der Waals surface area contributed by atoms with Crippen molar-refractivity contribution in [1.82, 2.24) is 10.3 Å². The van der Waals surface area contributed by atoms with Gasteiger partial charge in [-0.1, -0.05) is 12.1 Å². The molecule has 7 heteroatoms. The van der Waals surface area contributed by atoms with Crippen LogP contribution < -0.4 is 15.5 Å². The van der Waals surface area contributed by atoms with Crippen LogP contribution in [0.1, 0.15) is 16.8 Å². The summed E-state index contributed by atoms with van der Waals surface area (Å²) in [7, 11) is 1.65. The Morgan fingerprint density at radius 1 is 1.26 bits per heavy atom. The summed E-state index contributed by atoms with van der Waals surface area (Å²) in [5.74, 6) is 0.526. The Hall–Kier alpha value is -2.64. The lowest BCUT2D eigenvalue weighted by atomic mass is 10.2. The molecule has 2 N–H and O–H groups in total. The van der Waals surface area contributed by atoms with E-state index in [0.717, 1.165) is 44.1 Å². The normalized spacial score (nSPS) is 14.0. The average molecular weight is 370 g/mol. The molecule has 0 spiro atoms. The van der Waals surface area contributed by atoms with Crippen LogP contribution in [0.15, 0.2) is 42.6 Å². The highest BCUT2D eigenvalue weighted by Gasteiger charge is 2.15. The number of nitrogens with zero attached hydrogens (tertiary/aromatic N) is 2. The molecule has 0 aliphatic carbocycles. The number of amides is 1. The van der Waals surface area contributed by atoms with Crippen molar-refractivity contribution in [3.05, 3.63) is 48.2 Å². The van der Waals surface area contributed by atoms with Crippen LogP contribution in [0.4, 0.5) is 17.2 Å². The maximum absolute atomic E-state index is 12.3. The minimum Gasteiger partial charge on any atom is -0.385 e. The van der Waals surface area contributed by atoms with Gasteiger partial charge in [-0.3, -0.25) is 4.79 Å². The second kappa shape index (κ2) is 9.89. The van der Waals surface area contributed by atoms with Crippen molar-refractivity contribution in [1.29, 1.82) is 0 Å². The van der Waals surface area contributed by atoms with E-state index in [9.17, 15) is 4.79 Å². The number of para-hydroxylation sites is 2. The molecule has 27 heavy (non-hydrogen) atoms. The number of hydrogen-bond acceptors (Lipinski definition) is 6. The van der Waals surface area contributed by atoms with Crippen molar-refractivity contribution in [2.45, 2.75) is 6.42 Å². The monoisotopic (exact) mass is 370 g/mol. The van der Waals surface area contributed by atoms with Crippen LogP contribution >= 0.6 is 0 Å². The Labute approximate surface area is 159 Å². The van der Waals surface area contributed by atoms with Crippen molar-refractivity contribution < 1.29 is 14.3 Å². The van der Waals surface area contributed by atoms with Gasteiger partial charge in [0.2, 0.25) is 0 Å². The van der Waals surface area contributed by atoms with Gasteiger partial charge in [0, 0.05) is 45.1 Å². The predicted molar refractivity (Wildman–Crippen MR) is 106 cm³/mol. The Bertz CT molecular complexity index is 748. The van der Waals surface area contributed by atoms with Crippen LogP contribution in [0.5, 0.6) is 0 Å². The van der Waals surface area contributed by atoms with Crippen molar-refractivity contribution >= 4 is 23.1 Å². The third kappa shape index (κ3) is 5.42. The first-order valence-corrected chi connectivity index (χ1v) is 9.20. The largest absolute Gasteiger partial charge is 0.385 e. The molecule has 0 atom stereocenters. The Balaban J connectivity index is 1.68. The first kappa shape index (κ1) is 19.1. The maximum atomic E-state index is 12.3. The average Bonchev–Trinajstić information content (AvgIpc) is 2.72. The number of aromatic nitrogens is 1. The third-order valence-corrected chi connectivity index (χ3v) is 4.35. The van der Waals surface area contributed by atoms with Crippen LogP contribution in [0.25, 0.3) is 0 Å². The van der Waals surface area contributed by atoms with Gasteiger partial charge in [0.25, 0.3) is 5.91 Å². The molecule has 7 nitrogen and oxygen atoms in total. The number of nitrogens with one attached hydrogen (secondary N) is 2. The molecule has 0 radical (unpaired) electrons. The number of pyridine rings is 1. The van der Waals surface area contributed by atoms with Crippen molar-refractivity contribution in [3.63, 3.8) is 0 Å². The fourth-order valence-corrected chi connectivity index (χ4v) is 2.96. The van der Waals surface area contributed by atoms with E-state index in [4.69, 9.17) is 9.47 Å². The zero-order valence-electron chi connectivity index (χ0n) is 15.6. The zero-order chi connectivity index (χ0) is 18.9. The molecular formula is C20H26N4O3. The topological polar surface area (TPSA) is 75.7 Å². The number of carbonyl (C=O) groups excluding carboxylic acids is 1. The fraction of sp³-hybridized carbons (Fsp3) is 0.400. The number of ether oxygens (including phenoxy) is 2. The molecule has 2 heterocycles. The molecule has 3 rings (SSSR count). The zero-order valence-corrected chi connectivity index (χ0v) is 15.6. The van der Waals surface area contributed by atoms with E-state index in [0.29, 0.717) is 24.5 Å². The van der Waals surface area contributed by atoms with E-state index in [1.165, 1.54) is 0 Å². The van der Waals surface area contributed by atoms with Gasteiger partial charge in [0.15, 0.2) is 0 Å². The molecule has 1 amide bonds. The number of rotatable bonds is 8. The highest BCUT2D eigenvalue weighted by Crippen LogP contribution is 2.28. The van der Waals surface area contributed by atoms with Gasteiger partial charge in [-0.25, -0.2) is 4.98 Å². The second-order valence-electron chi connectivity index (χ2n) is 6.27. The highest BCUT2D eigenvalue weighted by molar-refractivity contribution is 5.95. The molecule has 144 valence electrons. The van der Waals surface area contributed by atoms with E-state index in [2.05, 4.69) is 26.6 Å². The van der Waals surface area contributed by atoms with Crippen molar-refractivity contribution in [2.75, 3.05) is 56.8 Å². The van der Waals surface area contributed by atoms with Gasteiger partial charge in [-0.05, 0) is 30.7 Å². The number of methoxy groups -OCH3 is 1. The van der Waals surface area contributed by atoms with Gasteiger partial charge in [-0.2, -0.15) is 0 Å². The summed E-state index contributed by atoms with van der Waals surface area (Å²) in [6.45, 7) is 4.38. The second-order valence-corrected chi connectivity index (χ2v) is 6.27. The predicted octanol–water partition coefficient (Wildman–Crippen LogP) is 2.43. The maximum Gasteiger partial charge on any atom is 0.251 e. The molecule has 0 unspecified atom stereocenters. The summed E-state index contributed by atoms with van der Waals surface area (Å²) >= 11 is 0. The van der Waals surface area contributed by atoms with Crippen molar-refractivity contribution in [2.24, 2.45) is 0 Å². The van der Waals surface area contributed by atoms with E-state index < -0.39 is 0 Å². The molecule has 1 aliphatic rings. The van der Waals surface area contributed by atoms with Crippen LogP contribution in [0.2, 0.25) is 0 Å². The SMILES string of the molecule is COCCCNC(=O)c1ccnc(Nc2ccccc2N2CCOCC2)c1. The molecular weight excluding hydrogens is 344 g/mol. The molecule has 2 aromatic rings. The van der Waals surface area contributed by atoms with Gasteiger partial charge in [0.05, 0.1) is 24.6 Å². The molecule has 1 saturated heterocycles. The molecule has 0 bridgehead atoms. The lowest BCUT2D eigenvalue weighted by Gasteiger charge is -2.30. The van der Waals surface area contributed by atoms with Gasteiger partial charge < -0.3 is 25.0 Å². The van der Waals surface area contributed by atoms with Crippen LogP contribution in [0.3, 0.4) is 0 Å². The fourth-order valence-electron chi connectivity index (χ4n) is 2.96. The number of anilines is 3. The first-order chi connectivity index (χ1) is 13.3. The number of benzene rings is 1. The van der Waals surface area contributed by atoms with Crippen molar-refractivity contribution in [3.8, 4) is 0 Å². The quantitative estimate of drug-likeness (QED) is 0.695. The van der Waals surface area contributed by atoms with Gasteiger partial charge in [-0.15, -0.1) is 0 Å². The Kier molecular flexibility index (Phi) is 7.01. The molecule has 1 aliphatic heterocycles. The standard InChI is InChI=1S/C20H26N4O3/c1-26-12-4-8-22-20(25)16-7-9-21-19(15-16)23-17-5-2-3-6-18(17)24-10-13-27-14-11-24/h2-3,5-7,9,15H,4,8,10-14H2,1H3,(H,21,23)(H,22,25). The molecule has 1 fully saturated rings. The summed E-state index contributed by atoms with van der Waals surface area (Å²) in [5, 5.41) is 6.24. The number of morpholine rings is 1. The van der Waals surface area contributed by atoms with Crippen LogP contribution in [-0.2, 0) is 9.47 Å². The highest BCUT2D eigenvalue weighted by atomic mass is 16.5. The Morgan fingerprint density at radius 3 is 2.89 bits per heavy atom. The minimum absolute atomic E-state index is 0.113. The summed E-state index contributed by atoms with van der Waals surface area (Å²) in [6, 6.07) is 11.6. The molecule has 1 aromatic carbocycles. The lowest BCUT2D eigenvalue weighted by Crippen LogP contribution is -2.36. The van der Waals surface area contributed by atoms with Crippen LogP contribution in [-0.4, -0.2) is 57.5 Å². The van der Waals surface area contributed by atoms with E-state index in [-0.39, 0.29) is 5.91 Å². The summed E-state index contributed by atoms with van der Waals surface area (Å²) < 4.78 is 10.4. The smallest absolute Gasteiger partial charge is 0.251 e. The summed E-state index contributed by atoms with van der Waals surface area (Å²) in [5.41, 5.74) is 2.65. The Morgan fingerprint density at radius 2 is 2.07 bits per heavy atom. The minimum atomic E-state index is -0.113. The number of hydrogen-bond donors (Lipinski definition) is 2. The van der Waals surface area contributed by atoms with Gasteiger partial charge >= 0.3 is 0 Å². The van der Waals surface area contributed by atoms with Gasteiger partial charge in [0.1, 0.15) is 5.82 Å². The first-order valence-electron chi connectivity index (χ1n) is 9.20. The van der Waals surface area contributed by atoms with E-state index in [1.807, 2.05) is 18.2 Å². The molecule has 1 aromatic heterocycles. The van der Waals surface area contributed by atoms with Crippen LogP contribution in [0, 0.1) is 0 Å². The van der Waals surface area contributed by atoms with E-state index >= 15 is 0 Å². The van der Waals surface area contributed by atoms with E-state index in [1.54, 1.807) is 25.4 Å².